The molecule has 0 atom stereocenters. The number of hydrogen-bond donors (Lipinski definition) is 2. The number of benzene rings is 1. The van der Waals surface area contributed by atoms with Crippen LogP contribution in [0.25, 0.3) is 10.9 Å². The molecule has 3 N–H and O–H groups in total. The van der Waals surface area contributed by atoms with Crippen LogP contribution in [0, 0.1) is 0 Å². The summed E-state index contributed by atoms with van der Waals surface area (Å²) < 4.78 is 5.28. The summed E-state index contributed by atoms with van der Waals surface area (Å²) in [4.78, 5) is 21.1. The lowest BCUT2D eigenvalue weighted by molar-refractivity contribution is 0.506. The highest BCUT2D eigenvalue weighted by atomic mass is 16.3. The molecule has 0 fully saturated rings. The van der Waals surface area contributed by atoms with Gasteiger partial charge in [0.1, 0.15) is 5.76 Å². The largest absolute Gasteiger partial charge is 0.467 e. The van der Waals surface area contributed by atoms with E-state index in [1.54, 1.807) is 24.5 Å². The van der Waals surface area contributed by atoms with Gasteiger partial charge in [0.05, 0.1) is 23.7 Å². The van der Waals surface area contributed by atoms with E-state index in [0.29, 0.717) is 29.1 Å². The summed E-state index contributed by atoms with van der Waals surface area (Å²) in [6.07, 6.45) is 1.61. The first-order valence-corrected chi connectivity index (χ1v) is 6.16. The molecule has 6 heteroatoms. The Morgan fingerprint density at radius 2 is 2.25 bits per heavy atom. The third-order valence-corrected chi connectivity index (χ3v) is 3.05. The van der Waals surface area contributed by atoms with Gasteiger partial charge in [-0.2, -0.15) is 0 Å². The number of nitrogen functional groups attached to an aromatic ring is 1. The zero-order valence-electron chi connectivity index (χ0n) is 11.0. The lowest BCUT2D eigenvalue weighted by Gasteiger charge is -2.16. The van der Waals surface area contributed by atoms with Crippen LogP contribution >= 0.6 is 0 Å². The maximum absolute atomic E-state index is 12.1. The van der Waals surface area contributed by atoms with Crippen LogP contribution in [0.4, 0.5) is 11.6 Å². The third kappa shape index (κ3) is 2.23. The van der Waals surface area contributed by atoms with Crippen LogP contribution in [0.3, 0.4) is 0 Å². The van der Waals surface area contributed by atoms with Gasteiger partial charge >= 0.3 is 0 Å². The molecular formula is C14H14N4O2. The van der Waals surface area contributed by atoms with Gasteiger partial charge in [0, 0.05) is 12.7 Å². The summed E-state index contributed by atoms with van der Waals surface area (Å²) >= 11 is 0. The summed E-state index contributed by atoms with van der Waals surface area (Å²) in [5, 5.41) is 0.486. The minimum atomic E-state index is -0.205. The fourth-order valence-electron chi connectivity index (χ4n) is 2.04. The van der Waals surface area contributed by atoms with Crippen molar-refractivity contribution < 1.29 is 4.42 Å². The molecule has 6 nitrogen and oxygen atoms in total. The van der Waals surface area contributed by atoms with E-state index < -0.39 is 0 Å². The lowest BCUT2D eigenvalue weighted by Crippen LogP contribution is -2.22. The Kier molecular flexibility index (Phi) is 2.90. The Balaban J connectivity index is 2.00. The van der Waals surface area contributed by atoms with Crippen LogP contribution in [-0.4, -0.2) is 17.0 Å². The Morgan fingerprint density at radius 1 is 1.40 bits per heavy atom. The quantitative estimate of drug-likeness (QED) is 0.708. The van der Waals surface area contributed by atoms with Gasteiger partial charge in [-0.15, -0.1) is 0 Å². The average Bonchev–Trinajstić information content (AvgIpc) is 2.92. The van der Waals surface area contributed by atoms with E-state index >= 15 is 0 Å². The Morgan fingerprint density at radius 3 is 3.00 bits per heavy atom. The zero-order valence-corrected chi connectivity index (χ0v) is 11.0. The number of furan rings is 1. The van der Waals surface area contributed by atoms with Gasteiger partial charge < -0.3 is 15.1 Å². The average molecular weight is 270 g/mol. The van der Waals surface area contributed by atoms with Crippen molar-refractivity contribution in [2.45, 2.75) is 6.54 Å². The highest BCUT2D eigenvalue weighted by Gasteiger charge is 2.09. The first kappa shape index (κ1) is 12.3. The van der Waals surface area contributed by atoms with Crippen LogP contribution in [0.1, 0.15) is 5.76 Å². The van der Waals surface area contributed by atoms with E-state index in [1.807, 2.05) is 24.1 Å². The molecule has 0 aliphatic rings. The third-order valence-electron chi connectivity index (χ3n) is 3.05. The van der Waals surface area contributed by atoms with E-state index in [4.69, 9.17) is 10.2 Å². The molecule has 0 spiro atoms. The molecule has 3 rings (SSSR count). The SMILES string of the molecule is CN(Cc1ccco1)c1nc2ccc(N)cc2c(=O)[nH]1. The van der Waals surface area contributed by atoms with Crippen LogP contribution in [0.5, 0.6) is 0 Å². The fourth-order valence-corrected chi connectivity index (χ4v) is 2.04. The standard InChI is InChI=1S/C14H14N4O2/c1-18(8-10-3-2-6-20-10)14-16-12-5-4-9(15)7-11(12)13(19)17-14/h2-7H,8,15H2,1H3,(H,16,17,19). The Labute approximate surface area is 114 Å². The van der Waals surface area contributed by atoms with Crippen molar-refractivity contribution in [1.82, 2.24) is 9.97 Å². The van der Waals surface area contributed by atoms with Crippen LogP contribution in [-0.2, 0) is 6.54 Å². The molecule has 0 saturated heterocycles. The molecule has 0 saturated carbocycles. The first-order chi connectivity index (χ1) is 9.63. The minimum absolute atomic E-state index is 0.205. The lowest BCUT2D eigenvalue weighted by atomic mass is 10.2. The van der Waals surface area contributed by atoms with Crippen LogP contribution in [0.2, 0.25) is 0 Å². The predicted molar refractivity (Wildman–Crippen MR) is 77.6 cm³/mol. The highest BCUT2D eigenvalue weighted by molar-refractivity contribution is 5.81. The maximum Gasteiger partial charge on any atom is 0.260 e. The second-order valence-corrected chi connectivity index (χ2v) is 4.60. The molecule has 0 radical (unpaired) electrons. The van der Waals surface area contributed by atoms with Crippen molar-refractivity contribution in [1.29, 1.82) is 0 Å². The Hall–Kier alpha value is -2.76. The molecule has 0 aliphatic carbocycles. The Bertz CT molecular complexity index is 793. The number of aromatic amines is 1. The topological polar surface area (TPSA) is 88.2 Å². The fraction of sp³-hybridized carbons (Fsp3) is 0.143. The number of anilines is 2. The summed E-state index contributed by atoms with van der Waals surface area (Å²) in [5.74, 6) is 1.29. The molecule has 2 heterocycles. The van der Waals surface area contributed by atoms with Gasteiger partial charge in [-0.25, -0.2) is 4.98 Å². The van der Waals surface area contributed by atoms with Gasteiger partial charge in [-0.3, -0.25) is 9.78 Å². The number of nitrogens with zero attached hydrogens (tertiary/aromatic N) is 2. The van der Waals surface area contributed by atoms with E-state index in [1.165, 1.54) is 0 Å². The summed E-state index contributed by atoms with van der Waals surface area (Å²) in [6.45, 7) is 0.524. The molecule has 1 aromatic carbocycles. The second-order valence-electron chi connectivity index (χ2n) is 4.60. The number of nitrogens with two attached hydrogens (primary N) is 1. The number of aromatic nitrogens is 2. The first-order valence-electron chi connectivity index (χ1n) is 6.16. The van der Waals surface area contributed by atoms with Crippen molar-refractivity contribution >= 4 is 22.5 Å². The number of hydrogen-bond acceptors (Lipinski definition) is 5. The van der Waals surface area contributed by atoms with Gasteiger partial charge in [0.25, 0.3) is 5.56 Å². The highest BCUT2D eigenvalue weighted by Crippen LogP contribution is 2.15. The number of fused-ring (bicyclic) bond motifs is 1. The second kappa shape index (κ2) is 4.73. The molecule has 20 heavy (non-hydrogen) atoms. The summed E-state index contributed by atoms with van der Waals surface area (Å²) in [7, 11) is 1.84. The van der Waals surface area contributed by atoms with Crippen LogP contribution < -0.4 is 16.2 Å². The molecule has 102 valence electrons. The normalized spacial score (nSPS) is 10.8. The van der Waals surface area contributed by atoms with Crippen molar-refractivity contribution in [3.05, 3.63) is 52.7 Å². The van der Waals surface area contributed by atoms with E-state index in [2.05, 4.69) is 9.97 Å². The summed E-state index contributed by atoms with van der Waals surface area (Å²) in [5.41, 5.74) is 6.63. The van der Waals surface area contributed by atoms with E-state index in [0.717, 1.165) is 5.76 Å². The maximum atomic E-state index is 12.1. The number of nitrogens with one attached hydrogen (secondary N) is 1. The predicted octanol–water partition coefficient (Wildman–Crippen LogP) is 1.73. The minimum Gasteiger partial charge on any atom is -0.467 e. The molecular weight excluding hydrogens is 256 g/mol. The zero-order chi connectivity index (χ0) is 14.1. The van der Waals surface area contributed by atoms with Gasteiger partial charge in [0.15, 0.2) is 0 Å². The van der Waals surface area contributed by atoms with Crippen molar-refractivity contribution in [2.75, 3.05) is 17.7 Å². The molecule has 0 unspecified atom stereocenters. The van der Waals surface area contributed by atoms with Gasteiger partial charge in [-0.05, 0) is 30.3 Å². The van der Waals surface area contributed by atoms with E-state index in [-0.39, 0.29) is 5.56 Å². The van der Waals surface area contributed by atoms with Crippen molar-refractivity contribution in [3.63, 3.8) is 0 Å². The molecule has 3 aromatic rings. The van der Waals surface area contributed by atoms with E-state index in [9.17, 15) is 4.79 Å². The monoisotopic (exact) mass is 270 g/mol. The molecule has 0 aliphatic heterocycles. The van der Waals surface area contributed by atoms with Crippen molar-refractivity contribution in [2.24, 2.45) is 0 Å². The summed E-state index contributed by atoms with van der Waals surface area (Å²) in [6, 6.07) is 8.78. The van der Waals surface area contributed by atoms with Gasteiger partial charge in [-0.1, -0.05) is 0 Å². The van der Waals surface area contributed by atoms with Crippen LogP contribution in [0.15, 0.2) is 45.8 Å². The molecule has 2 aromatic heterocycles. The molecule has 0 amide bonds. The van der Waals surface area contributed by atoms with Crippen molar-refractivity contribution in [3.8, 4) is 0 Å². The number of rotatable bonds is 3. The number of H-pyrrole nitrogens is 1. The van der Waals surface area contributed by atoms with Gasteiger partial charge in [0.2, 0.25) is 5.95 Å². The smallest absolute Gasteiger partial charge is 0.260 e. The molecule has 0 bridgehead atoms.